The Morgan fingerprint density at radius 1 is 1.33 bits per heavy atom. The zero-order valence-corrected chi connectivity index (χ0v) is 12.9. The van der Waals surface area contributed by atoms with Crippen LogP contribution in [0.2, 0.25) is 0 Å². The van der Waals surface area contributed by atoms with E-state index in [1.54, 1.807) is 0 Å². The summed E-state index contributed by atoms with van der Waals surface area (Å²) in [6.07, 6.45) is 4.44. The molecule has 1 rings (SSSR count). The van der Waals surface area contributed by atoms with Gasteiger partial charge in [0.05, 0.1) is 6.20 Å². The Morgan fingerprint density at radius 3 is 2.56 bits per heavy atom. The van der Waals surface area contributed by atoms with Crippen LogP contribution in [0.3, 0.4) is 0 Å². The summed E-state index contributed by atoms with van der Waals surface area (Å²) in [4.78, 5) is 0. The zero-order chi connectivity index (χ0) is 13.8. The van der Waals surface area contributed by atoms with Crippen molar-refractivity contribution >= 4 is 0 Å². The van der Waals surface area contributed by atoms with Gasteiger partial charge in [-0.15, -0.1) is 0 Å². The standard InChI is InChI=1S/C15H29N3/c1-12(2)16-10-14-11-17-18(13(14)3)9-7-8-15(4,5)6/h11-12,16H,7-10H2,1-6H3. The zero-order valence-electron chi connectivity index (χ0n) is 12.9. The second-order valence-corrected chi connectivity index (χ2v) is 6.68. The Bertz CT molecular complexity index is 358. The summed E-state index contributed by atoms with van der Waals surface area (Å²) in [5.41, 5.74) is 3.04. The quantitative estimate of drug-likeness (QED) is 0.838. The number of aromatic nitrogens is 2. The van der Waals surface area contributed by atoms with Crippen molar-refractivity contribution < 1.29 is 0 Å². The highest BCUT2D eigenvalue weighted by molar-refractivity contribution is 5.15. The fourth-order valence-electron chi connectivity index (χ4n) is 1.96. The van der Waals surface area contributed by atoms with Gasteiger partial charge >= 0.3 is 0 Å². The van der Waals surface area contributed by atoms with Gasteiger partial charge in [-0.25, -0.2) is 0 Å². The maximum atomic E-state index is 4.49. The van der Waals surface area contributed by atoms with E-state index in [-0.39, 0.29) is 0 Å². The molecule has 0 unspecified atom stereocenters. The molecule has 0 fully saturated rings. The average Bonchev–Trinajstić information content (AvgIpc) is 2.56. The smallest absolute Gasteiger partial charge is 0.0537 e. The largest absolute Gasteiger partial charge is 0.310 e. The van der Waals surface area contributed by atoms with E-state index in [4.69, 9.17) is 0 Å². The normalized spacial score (nSPS) is 12.4. The predicted molar refractivity (Wildman–Crippen MR) is 77.6 cm³/mol. The molecule has 1 heterocycles. The fraction of sp³-hybridized carbons (Fsp3) is 0.800. The molecule has 0 saturated carbocycles. The molecule has 0 atom stereocenters. The predicted octanol–water partition coefficient (Wildman–Crippen LogP) is 3.52. The summed E-state index contributed by atoms with van der Waals surface area (Å²) in [5.74, 6) is 0. The molecule has 0 spiro atoms. The minimum absolute atomic E-state index is 0.420. The highest BCUT2D eigenvalue weighted by Crippen LogP contribution is 2.21. The van der Waals surface area contributed by atoms with E-state index in [2.05, 4.69) is 56.6 Å². The number of hydrogen-bond acceptors (Lipinski definition) is 2. The third-order valence-electron chi connectivity index (χ3n) is 3.20. The van der Waals surface area contributed by atoms with Crippen LogP contribution in [0, 0.1) is 12.3 Å². The Morgan fingerprint density at radius 2 is 2.00 bits per heavy atom. The molecule has 1 aromatic heterocycles. The SMILES string of the molecule is Cc1c(CNC(C)C)cnn1CCCC(C)(C)C. The van der Waals surface area contributed by atoms with Crippen molar-refractivity contribution in [3.8, 4) is 0 Å². The molecule has 0 aliphatic rings. The van der Waals surface area contributed by atoms with Gasteiger partial charge in [0.1, 0.15) is 0 Å². The van der Waals surface area contributed by atoms with Gasteiger partial charge < -0.3 is 5.32 Å². The van der Waals surface area contributed by atoms with Gasteiger partial charge in [0, 0.05) is 30.4 Å². The van der Waals surface area contributed by atoms with E-state index < -0.39 is 0 Å². The molecule has 0 bridgehead atoms. The first-order chi connectivity index (χ1) is 8.29. The first-order valence-electron chi connectivity index (χ1n) is 7.04. The van der Waals surface area contributed by atoms with Crippen LogP contribution in [0.1, 0.15) is 58.7 Å². The lowest BCUT2D eigenvalue weighted by molar-refractivity contribution is 0.347. The van der Waals surface area contributed by atoms with Gasteiger partial charge in [0.2, 0.25) is 0 Å². The average molecular weight is 251 g/mol. The summed E-state index contributed by atoms with van der Waals surface area (Å²) < 4.78 is 2.14. The van der Waals surface area contributed by atoms with Crippen LogP contribution in [-0.2, 0) is 13.1 Å². The summed E-state index contributed by atoms with van der Waals surface area (Å²) in [6, 6.07) is 0.522. The highest BCUT2D eigenvalue weighted by Gasteiger charge is 2.11. The van der Waals surface area contributed by atoms with Crippen molar-refractivity contribution in [3.05, 3.63) is 17.5 Å². The number of aryl methyl sites for hydroxylation is 1. The van der Waals surface area contributed by atoms with Crippen LogP contribution in [0.4, 0.5) is 0 Å². The number of rotatable bonds is 6. The molecule has 0 amide bonds. The molecule has 0 aliphatic carbocycles. The molecule has 104 valence electrons. The van der Waals surface area contributed by atoms with E-state index >= 15 is 0 Å². The summed E-state index contributed by atoms with van der Waals surface area (Å²) in [5, 5.41) is 7.93. The van der Waals surface area contributed by atoms with Crippen LogP contribution in [0.15, 0.2) is 6.20 Å². The lowest BCUT2D eigenvalue weighted by Gasteiger charge is -2.17. The molecule has 0 saturated heterocycles. The Kier molecular flexibility index (Phi) is 5.39. The molecular weight excluding hydrogens is 222 g/mol. The number of nitrogens with one attached hydrogen (secondary N) is 1. The van der Waals surface area contributed by atoms with Crippen LogP contribution >= 0.6 is 0 Å². The van der Waals surface area contributed by atoms with Crippen molar-refractivity contribution in [2.24, 2.45) is 5.41 Å². The van der Waals surface area contributed by atoms with E-state index in [9.17, 15) is 0 Å². The molecule has 3 heteroatoms. The van der Waals surface area contributed by atoms with Crippen molar-refractivity contribution in [1.29, 1.82) is 0 Å². The van der Waals surface area contributed by atoms with Gasteiger partial charge in [-0.05, 0) is 25.2 Å². The van der Waals surface area contributed by atoms with Crippen LogP contribution < -0.4 is 5.32 Å². The van der Waals surface area contributed by atoms with Crippen molar-refractivity contribution in [2.75, 3.05) is 0 Å². The summed E-state index contributed by atoms with van der Waals surface area (Å²) in [6.45, 7) is 15.3. The second-order valence-electron chi connectivity index (χ2n) is 6.68. The third-order valence-corrected chi connectivity index (χ3v) is 3.20. The fourth-order valence-corrected chi connectivity index (χ4v) is 1.96. The van der Waals surface area contributed by atoms with Crippen LogP contribution in [0.25, 0.3) is 0 Å². The van der Waals surface area contributed by atoms with E-state index in [1.165, 1.54) is 24.1 Å². The van der Waals surface area contributed by atoms with E-state index in [0.717, 1.165) is 13.1 Å². The lowest BCUT2D eigenvalue weighted by atomic mass is 9.91. The number of hydrogen-bond donors (Lipinski definition) is 1. The Balaban J connectivity index is 2.48. The second kappa shape index (κ2) is 6.37. The first-order valence-corrected chi connectivity index (χ1v) is 7.04. The van der Waals surface area contributed by atoms with Gasteiger partial charge in [-0.3, -0.25) is 4.68 Å². The maximum absolute atomic E-state index is 4.49. The molecule has 0 aliphatic heterocycles. The lowest BCUT2D eigenvalue weighted by Crippen LogP contribution is -2.22. The Labute approximate surface area is 112 Å². The Hall–Kier alpha value is -0.830. The molecule has 3 nitrogen and oxygen atoms in total. The number of nitrogens with zero attached hydrogens (tertiary/aromatic N) is 2. The maximum Gasteiger partial charge on any atom is 0.0537 e. The minimum Gasteiger partial charge on any atom is -0.310 e. The topological polar surface area (TPSA) is 29.9 Å². The highest BCUT2D eigenvalue weighted by atomic mass is 15.3. The van der Waals surface area contributed by atoms with Crippen molar-refractivity contribution in [1.82, 2.24) is 15.1 Å². The van der Waals surface area contributed by atoms with E-state index in [0.29, 0.717) is 11.5 Å². The minimum atomic E-state index is 0.420. The molecule has 18 heavy (non-hydrogen) atoms. The monoisotopic (exact) mass is 251 g/mol. The van der Waals surface area contributed by atoms with Crippen molar-refractivity contribution in [3.63, 3.8) is 0 Å². The van der Waals surface area contributed by atoms with Crippen molar-refractivity contribution in [2.45, 2.75) is 73.5 Å². The molecular formula is C15H29N3. The van der Waals surface area contributed by atoms with Crippen LogP contribution in [-0.4, -0.2) is 15.8 Å². The van der Waals surface area contributed by atoms with Crippen LogP contribution in [0.5, 0.6) is 0 Å². The van der Waals surface area contributed by atoms with Gasteiger partial charge in [-0.1, -0.05) is 34.6 Å². The summed E-state index contributed by atoms with van der Waals surface area (Å²) in [7, 11) is 0. The van der Waals surface area contributed by atoms with Gasteiger partial charge in [0.25, 0.3) is 0 Å². The summed E-state index contributed by atoms with van der Waals surface area (Å²) >= 11 is 0. The van der Waals surface area contributed by atoms with Gasteiger partial charge in [0.15, 0.2) is 0 Å². The first kappa shape index (κ1) is 15.2. The molecule has 0 radical (unpaired) electrons. The molecule has 0 aromatic carbocycles. The van der Waals surface area contributed by atoms with E-state index in [1.807, 2.05) is 6.20 Å². The molecule has 1 N–H and O–H groups in total. The third kappa shape index (κ3) is 5.21. The van der Waals surface area contributed by atoms with Gasteiger partial charge in [-0.2, -0.15) is 5.10 Å². The molecule has 1 aromatic rings.